The molecule has 0 N–H and O–H groups in total. The van der Waals surface area contributed by atoms with Crippen molar-refractivity contribution in [1.82, 2.24) is 0 Å². The fourth-order valence-electron chi connectivity index (χ4n) is 1.65. The van der Waals surface area contributed by atoms with Crippen LogP contribution < -0.4 is 0 Å². The first-order valence-electron chi connectivity index (χ1n) is 4.02. The van der Waals surface area contributed by atoms with Crippen LogP contribution >= 0.6 is 0 Å². The van der Waals surface area contributed by atoms with Crippen molar-refractivity contribution in [3.63, 3.8) is 0 Å². The Morgan fingerprint density at radius 2 is 1.92 bits per heavy atom. The van der Waals surface area contributed by atoms with Gasteiger partial charge in [0, 0.05) is 7.11 Å². The molecule has 12 heavy (non-hydrogen) atoms. The summed E-state index contributed by atoms with van der Waals surface area (Å²) in [6, 6.07) is 0. The van der Waals surface area contributed by atoms with Gasteiger partial charge in [-0.05, 0) is 12.8 Å². The Labute approximate surface area is 72.1 Å². The molecule has 0 spiro atoms. The molecule has 0 aromatic heterocycles. The molecule has 5 heteroatoms. The zero-order chi connectivity index (χ0) is 9.19. The molecule has 0 bridgehead atoms. The highest BCUT2D eigenvalue weighted by molar-refractivity contribution is 7.87. The molecule has 1 saturated carbocycles. The fraction of sp³-hybridized carbons (Fsp3) is 1.00. The number of methoxy groups -OCH3 is 1. The van der Waals surface area contributed by atoms with E-state index in [9.17, 15) is 12.3 Å². The molecule has 0 heterocycles. The van der Waals surface area contributed by atoms with E-state index in [-0.39, 0.29) is 0 Å². The fourth-order valence-corrected chi connectivity index (χ4v) is 2.71. The minimum atomic E-state index is -4.41. The van der Waals surface area contributed by atoms with E-state index in [0.717, 1.165) is 12.8 Å². The molecule has 0 aliphatic heterocycles. The lowest BCUT2D eigenvalue weighted by molar-refractivity contribution is 0.0726. The maximum Gasteiger partial charge on any atom is 0.307 e. The van der Waals surface area contributed by atoms with Gasteiger partial charge in [0.25, 0.3) is 0 Å². The predicted octanol–water partition coefficient (Wildman–Crippen LogP) is 1.24. The molecule has 0 aromatic rings. The van der Waals surface area contributed by atoms with E-state index in [2.05, 4.69) is 0 Å². The van der Waals surface area contributed by atoms with Gasteiger partial charge in [0.1, 0.15) is 5.25 Å². The van der Waals surface area contributed by atoms with E-state index in [0.29, 0.717) is 12.8 Å². The Morgan fingerprint density at radius 3 is 2.33 bits per heavy atom. The average molecular weight is 196 g/mol. The topological polar surface area (TPSA) is 43.4 Å². The third-order valence-corrected chi connectivity index (χ3v) is 3.57. The van der Waals surface area contributed by atoms with Gasteiger partial charge in [0.15, 0.2) is 0 Å². The van der Waals surface area contributed by atoms with Crippen molar-refractivity contribution in [2.45, 2.75) is 37.0 Å². The largest absolute Gasteiger partial charge is 0.380 e. The summed E-state index contributed by atoms with van der Waals surface area (Å²) in [4.78, 5) is 0. The summed E-state index contributed by atoms with van der Waals surface area (Å²) in [6.45, 7) is 0. The monoisotopic (exact) mass is 196 g/mol. The van der Waals surface area contributed by atoms with Crippen LogP contribution in [0.4, 0.5) is 3.89 Å². The van der Waals surface area contributed by atoms with Gasteiger partial charge in [0.05, 0.1) is 6.10 Å². The number of halogens is 1. The second-order valence-electron chi connectivity index (χ2n) is 3.07. The Morgan fingerprint density at radius 1 is 1.33 bits per heavy atom. The van der Waals surface area contributed by atoms with Crippen molar-refractivity contribution in [3.05, 3.63) is 0 Å². The summed E-state index contributed by atoms with van der Waals surface area (Å²) in [6.07, 6.45) is 2.27. The minimum Gasteiger partial charge on any atom is -0.380 e. The van der Waals surface area contributed by atoms with Crippen molar-refractivity contribution in [2.75, 3.05) is 7.11 Å². The Balaban J connectivity index is 2.72. The third kappa shape index (κ3) is 2.17. The van der Waals surface area contributed by atoms with Crippen molar-refractivity contribution in [1.29, 1.82) is 0 Å². The van der Waals surface area contributed by atoms with Crippen LogP contribution in [-0.4, -0.2) is 26.9 Å². The normalized spacial score (nSPS) is 31.8. The maximum absolute atomic E-state index is 12.6. The highest BCUT2D eigenvalue weighted by Gasteiger charge is 2.35. The Kier molecular flexibility index (Phi) is 3.06. The van der Waals surface area contributed by atoms with E-state index < -0.39 is 21.6 Å². The Bertz CT molecular complexity index is 237. The third-order valence-electron chi connectivity index (χ3n) is 2.31. The SMILES string of the molecule is COC1CCCCC1S(=O)(=O)F. The van der Waals surface area contributed by atoms with Gasteiger partial charge < -0.3 is 4.74 Å². The van der Waals surface area contributed by atoms with Gasteiger partial charge in [-0.2, -0.15) is 8.42 Å². The van der Waals surface area contributed by atoms with E-state index in [1.807, 2.05) is 0 Å². The van der Waals surface area contributed by atoms with E-state index in [1.54, 1.807) is 0 Å². The van der Waals surface area contributed by atoms with Gasteiger partial charge in [-0.15, -0.1) is 3.89 Å². The van der Waals surface area contributed by atoms with Crippen molar-refractivity contribution in [3.8, 4) is 0 Å². The van der Waals surface area contributed by atoms with Gasteiger partial charge >= 0.3 is 10.2 Å². The number of hydrogen-bond donors (Lipinski definition) is 0. The summed E-state index contributed by atoms with van der Waals surface area (Å²) in [7, 11) is -2.99. The van der Waals surface area contributed by atoms with Crippen LogP contribution in [0.5, 0.6) is 0 Å². The summed E-state index contributed by atoms with van der Waals surface area (Å²) in [5.41, 5.74) is 0. The molecule has 3 nitrogen and oxygen atoms in total. The van der Waals surface area contributed by atoms with E-state index in [1.165, 1.54) is 7.11 Å². The molecule has 1 rings (SSSR count). The second kappa shape index (κ2) is 3.70. The highest BCUT2D eigenvalue weighted by atomic mass is 32.3. The summed E-state index contributed by atoms with van der Waals surface area (Å²) < 4.78 is 38.7. The maximum atomic E-state index is 12.6. The molecule has 0 saturated heterocycles. The quantitative estimate of drug-likeness (QED) is 0.624. The summed E-state index contributed by atoms with van der Waals surface area (Å²) >= 11 is 0. The van der Waals surface area contributed by atoms with Gasteiger partial charge in [-0.1, -0.05) is 12.8 Å². The van der Waals surface area contributed by atoms with Gasteiger partial charge in [0.2, 0.25) is 0 Å². The molecule has 1 aliphatic carbocycles. The van der Waals surface area contributed by atoms with Crippen LogP contribution in [0.25, 0.3) is 0 Å². The molecular weight excluding hydrogens is 183 g/mol. The van der Waals surface area contributed by atoms with Crippen molar-refractivity contribution in [2.24, 2.45) is 0 Å². The molecule has 0 amide bonds. The molecule has 1 fully saturated rings. The summed E-state index contributed by atoms with van der Waals surface area (Å²) in [5, 5.41) is -0.934. The van der Waals surface area contributed by atoms with Crippen LogP contribution in [0.3, 0.4) is 0 Å². The molecule has 2 atom stereocenters. The zero-order valence-electron chi connectivity index (χ0n) is 6.99. The molecule has 0 aromatic carbocycles. The molecule has 0 radical (unpaired) electrons. The molecule has 2 unspecified atom stereocenters. The molecule has 72 valence electrons. The van der Waals surface area contributed by atoms with Gasteiger partial charge in [-0.3, -0.25) is 0 Å². The van der Waals surface area contributed by atoms with Crippen LogP contribution in [0.1, 0.15) is 25.7 Å². The lowest BCUT2D eigenvalue weighted by atomic mass is 9.97. The number of rotatable bonds is 2. The minimum absolute atomic E-state index is 0.386. The van der Waals surface area contributed by atoms with E-state index >= 15 is 0 Å². The second-order valence-corrected chi connectivity index (χ2v) is 4.63. The number of hydrogen-bond acceptors (Lipinski definition) is 3. The Hall–Kier alpha value is -0.160. The predicted molar refractivity (Wildman–Crippen MR) is 43.1 cm³/mol. The zero-order valence-corrected chi connectivity index (χ0v) is 7.81. The molecule has 1 aliphatic rings. The highest BCUT2D eigenvalue weighted by Crippen LogP contribution is 2.27. The van der Waals surface area contributed by atoms with Crippen molar-refractivity contribution >= 4 is 10.2 Å². The van der Waals surface area contributed by atoms with Gasteiger partial charge in [-0.25, -0.2) is 0 Å². The first kappa shape index (κ1) is 9.92. The standard InChI is InChI=1S/C7H13FO3S/c1-11-6-4-2-3-5-7(6)12(8,9)10/h6-7H,2-5H2,1H3. The lowest BCUT2D eigenvalue weighted by Gasteiger charge is -2.26. The number of ether oxygens (including phenoxy) is 1. The lowest BCUT2D eigenvalue weighted by Crippen LogP contribution is -2.36. The van der Waals surface area contributed by atoms with E-state index in [4.69, 9.17) is 4.74 Å². The smallest absolute Gasteiger partial charge is 0.307 e. The first-order chi connectivity index (χ1) is 5.55. The average Bonchev–Trinajstić information content (AvgIpc) is 2.03. The van der Waals surface area contributed by atoms with Crippen LogP contribution in [-0.2, 0) is 15.0 Å². The summed E-state index contributed by atoms with van der Waals surface area (Å²) in [5.74, 6) is 0. The first-order valence-corrected chi connectivity index (χ1v) is 5.46. The van der Waals surface area contributed by atoms with Crippen molar-refractivity contribution < 1.29 is 17.0 Å². The van der Waals surface area contributed by atoms with Crippen LogP contribution in [0.2, 0.25) is 0 Å². The van der Waals surface area contributed by atoms with Crippen LogP contribution in [0.15, 0.2) is 0 Å². The van der Waals surface area contributed by atoms with Crippen LogP contribution in [0, 0.1) is 0 Å². The molecular formula is C7H13FO3S.